The van der Waals surface area contributed by atoms with Gasteiger partial charge in [0.25, 0.3) is 0 Å². The Morgan fingerprint density at radius 2 is 1.74 bits per heavy atom. The Morgan fingerprint density at radius 1 is 1.11 bits per heavy atom. The summed E-state index contributed by atoms with van der Waals surface area (Å²) in [7, 11) is 0. The second-order valence-electron chi connectivity index (χ2n) is 7.15. The molecule has 0 radical (unpaired) electrons. The van der Waals surface area contributed by atoms with Crippen LogP contribution in [0.3, 0.4) is 0 Å². The summed E-state index contributed by atoms with van der Waals surface area (Å²) in [6, 6.07) is 11.5. The van der Waals surface area contributed by atoms with Crippen LogP contribution in [0.4, 0.5) is 0 Å². The number of nitrogens with one attached hydrogen (secondary N) is 1. The largest absolute Gasteiger partial charge is 0.352 e. The van der Waals surface area contributed by atoms with Gasteiger partial charge in [0.1, 0.15) is 11.9 Å². The van der Waals surface area contributed by atoms with E-state index in [1.165, 1.54) is 5.56 Å². The van der Waals surface area contributed by atoms with Gasteiger partial charge in [-0.15, -0.1) is 0 Å². The summed E-state index contributed by atoms with van der Waals surface area (Å²) < 4.78 is 1.95. The first kappa shape index (κ1) is 19.7. The molecule has 3 rings (SSSR count). The molecule has 0 saturated heterocycles. The minimum Gasteiger partial charge on any atom is -0.352 e. The number of benzene rings is 2. The van der Waals surface area contributed by atoms with Crippen LogP contribution in [0.5, 0.6) is 0 Å². The van der Waals surface area contributed by atoms with Crippen LogP contribution in [0.15, 0.2) is 36.4 Å². The van der Waals surface area contributed by atoms with Crippen molar-refractivity contribution in [2.45, 2.75) is 46.2 Å². The Hall–Kier alpha value is -2.04. The van der Waals surface area contributed by atoms with Gasteiger partial charge in [-0.1, -0.05) is 53.0 Å². The molecule has 1 N–H and O–H groups in total. The monoisotopic (exact) mass is 403 g/mol. The van der Waals surface area contributed by atoms with Gasteiger partial charge in [0.2, 0.25) is 5.91 Å². The van der Waals surface area contributed by atoms with Crippen LogP contribution < -0.4 is 5.32 Å². The standard InChI is InChI=1S/C21H23Cl2N3O/c1-12(2)24-21(27)14(4)26-19-11-17(23)16(22)10-18(19)25-20(26)9-15-7-5-13(3)6-8-15/h5-8,10-12,14H,9H2,1-4H3,(H,24,27)/t14-/m0/s1. The van der Waals surface area contributed by atoms with E-state index in [0.29, 0.717) is 16.5 Å². The van der Waals surface area contributed by atoms with Crippen molar-refractivity contribution in [2.75, 3.05) is 0 Å². The van der Waals surface area contributed by atoms with Crippen LogP contribution in [0.1, 0.15) is 43.8 Å². The van der Waals surface area contributed by atoms with E-state index in [2.05, 4.69) is 36.5 Å². The van der Waals surface area contributed by atoms with Crippen molar-refractivity contribution in [1.82, 2.24) is 14.9 Å². The molecule has 1 aromatic heterocycles. The molecule has 6 heteroatoms. The topological polar surface area (TPSA) is 46.9 Å². The summed E-state index contributed by atoms with van der Waals surface area (Å²) in [5.74, 6) is 0.749. The number of halogens is 2. The summed E-state index contributed by atoms with van der Waals surface area (Å²) in [4.78, 5) is 17.4. The Bertz CT molecular complexity index is 977. The summed E-state index contributed by atoms with van der Waals surface area (Å²) in [5, 5.41) is 3.87. The van der Waals surface area contributed by atoms with E-state index in [9.17, 15) is 4.79 Å². The third kappa shape index (κ3) is 4.28. The van der Waals surface area contributed by atoms with Crippen molar-refractivity contribution in [3.05, 3.63) is 63.4 Å². The molecule has 2 aromatic carbocycles. The third-order valence-corrected chi connectivity index (χ3v) is 5.21. The summed E-state index contributed by atoms with van der Waals surface area (Å²) in [6.45, 7) is 7.82. The van der Waals surface area contributed by atoms with Gasteiger partial charge in [0, 0.05) is 12.5 Å². The molecule has 0 aliphatic rings. The second-order valence-corrected chi connectivity index (χ2v) is 7.97. The summed E-state index contributed by atoms with van der Waals surface area (Å²) in [6.07, 6.45) is 0.615. The Balaban J connectivity index is 2.10. The van der Waals surface area contributed by atoms with Crippen LogP contribution in [-0.4, -0.2) is 21.5 Å². The van der Waals surface area contributed by atoms with E-state index in [4.69, 9.17) is 28.2 Å². The smallest absolute Gasteiger partial charge is 0.243 e. The predicted octanol–water partition coefficient (Wildman–Crippen LogP) is 5.33. The number of rotatable bonds is 5. The number of amides is 1. The fraction of sp³-hybridized carbons (Fsp3) is 0.333. The van der Waals surface area contributed by atoms with E-state index in [-0.39, 0.29) is 11.9 Å². The number of hydrogen-bond donors (Lipinski definition) is 1. The van der Waals surface area contributed by atoms with Gasteiger partial charge in [-0.3, -0.25) is 4.79 Å². The second kappa shape index (κ2) is 7.91. The first-order valence-electron chi connectivity index (χ1n) is 8.98. The first-order valence-corrected chi connectivity index (χ1v) is 9.73. The fourth-order valence-corrected chi connectivity index (χ4v) is 3.42. The van der Waals surface area contributed by atoms with Crippen molar-refractivity contribution in [3.8, 4) is 0 Å². The Morgan fingerprint density at radius 3 is 2.37 bits per heavy atom. The number of aromatic nitrogens is 2. The van der Waals surface area contributed by atoms with Crippen LogP contribution in [0.2, 0.25) is 10.0 Å². The highest BCUT2D eigenvalue weighted by atomic mass is 35.5. The molecule has 142 valence electrons. The van der Waals surface area contributed by atoms with Crippen molar-refractivity contribution in [1.29, 1.82) is 0 Å². The molecule has 1 heterocycles. The van der Waals surface area contributed by atoms with Crippen molar-refractivity contribution in [3.63, 3.8) is 0 Å². The molecule has 0 unspecified atom stereocenters. The van der Waals surface area contributed by atoms with Crippen molar-refractivity contribution >= 4 is 40.1 Å². The van der Waals surface area contributed by atoms with E-state index in [1.54, 1.807) is 12.1 Å². The molecule has 0 spiro atoms. The van der Waals surface area contributed by atoms with Gasteiger partial charge in [0.15, 0.2) is 0 Å². The lowest BCUT2D eigenvalue weighted by molar-refractivity contribution is -0.124. The van der Waals surface area contributed by atoms with Gasteiger partial charge in [-0.05, 0) is 45.4 Å². The number of fused-ring (bicyclic) bond motifs is 1. The van der Waals surface area contributed by atoms with E-state index in [1.807, 2.05) is 25.3 Å². The number of carbonyl (C=O) groups excluding carboxylic acids is 1. The van der Waals surface area contributed by atoms with Gasteiger partial charge < -0.3 is 9.88 Å². The number of carbonyl (C=O) groups is 1. The SMILES string of the molecule is Cc1ccc(Cc2nc3cc(Cl)c(Cl)cc3n2[C@@H](C)C(=O)NC(C)C)cc1. The van der Waals surface area contributed by atoms with Crippen LogP contribution in [-0.2, 0) is 11.2 Å². The highest BCUT2D eigenvalue weighted by Gasteiger charge is 2.23. The summed E-state index contributed by atoms with van der Waals surface area (Å²) >= 11 is 12.4. The minimum atomic E-state index is -0.421. The van der Waals surface area contributed by atoms with Gasteiger partial charge in [-0.2, -0.15) is 0 Å². The zero-order valence-corrected chi connectivity index (χ0v) is 17.4. The maximum atomic E-state index is 12.7. The van der Waals surface area contributed by atoms with Crippen molar-refractivity contribution in [2.24, 2.45) is 0 Å². The van der Waals surface area contributed by atoms with Gasteiger partial charge in [0.05, 0.1) is 21.1 Å². The molecule has 0 saturated carbocycles. The number of hydrogen-bond acceptors (Lipinski definition) is 2. The number of nitrogens with zero attached hydrogens (tertiary/aromatic N) is 2. The fourth-order valence-electron chi connectivity index (χ4n) is 3.11. The predicted molar refractivity (Wildman–Crippen MR) is 112 cm³/mol. The van der Waals surface area contributed by atoms with Crippen molar-refractivity contribution < 1.29 is 4.79 Å². The lowest BCUT2D eigenvalue weighted by Gasteiger charge is -2.19. The molecule has 0 fully saturated rings. The molecule has 4 nitrogen and oxygen atoms in total. The van der Waals surface area contributed by atoms with Crippen LogP contribution in [0, 0.1) is 6.92 Å². The zero-order chi connectivity index (χ0) is 19.7. The van der Waals surface area contributed by atoms with Gasteiger partial charge >= 0.3 is 0 Å². The average Bonchev–Trinajstić information content (AvgIpc) is 2.92. The van der Waals surface area contributed by atoms with Crippen LogP contribution in [0.25, 0.3) is 11.0 Å². The molecule has 27 heavy (non-hydrogen) atoms. The maximum absolute atomic E-state index is 12.7. The number of imidazole rings is 1. The molecule has 0 aliphatic heterocycles. The van der Waals surface area contributed by atoms with E-state index in [0.717, 1.165) is 22.4 Å². The lowest BCUT2D eigenvalue weighted by Crippen LogP contribution is -2.36. The normalized spacial score (nSPS) is 12.6. The molecule has 1 amide bonds. The summed E-state index contributed by atoms with van der Waals surface area (Å²) in [5.41, 5.74) is 3.87. The molecule has 0 aliphatic carbocycles. The van der Waals surface area contributed by atoms with Gasteiger partial charge in [-0.25, -0.2) is 4.98 Å². The molecular weight excluding hydrogens is 381 g/mol. The highest BCUT2D eigenvalue weighted by Crippen LogP contribution is 2.31. The van der Waals surface area contributed by atoms with Crippen LogP contribution >= 0.6 is 23.2 Å². The average molecular weight is 404 g/mol. The molecule has 1 atom stereocenters. The maximum Gasteiger partial charge on any atom is 0.243 e. The van der Waals surface area contributed by atoms with E-state index >= 15 is 0 Å². The number of aryl methyl sites for hydroxylation is 1. The lowest BCUT2D eigenvalue weighted by atomic mass is 10.1. The Kier molecular flexibility index (Phi) is 5.78. The molecule has 0 bridgehead atoms. The zero-order valence-electron chi connectivity index (χ0n) is 15.9. The first-order chi connectivity index (χ1) is 12.8. The van der Waals surface area contributed by atoms with E-state index < -0.39 is 6.04 Å². The highest BCUT2D eigenvalue weighted by molar-refractivity contribution is 6.42. The molecule has 3 aromatic rings. The minimum absolute atomic E-state index is 0.0551. The Labute approximate surface area is 169 Å². The quantitative estimate of drug-likeness (QED) is 0.625. The molecular formula is C21H23Cl2N3O. The third-order valence-electron chi connectivity index (χ3n) is 4.49.